The summed E-state index contributed by atoms with van der Waals surface area (Å²) in [7, 11) is 2.08. The number of ether oxygens (including phenoxy) is 1. The summed E-state index contributed by atoms with van der Waals surface area (Å²) in [6, 6.07) is 0. The van der Waals surface area contributed by atoms with Crippen molar-refractivity contribution in [3.63, 3.8) is 0 Å². The molecule has 0 bridgehead atoms. The number of likely N-dealkylation sites (N-methyl/N-ethyl adjacent to an activating group) is 1. The molecule has 5 heteroatoms. The van der Waals surface area contributed by atoms with Gasteiger partial charge in [0.05, 0.1) is 22.5 Å². The van der Waals surface area contributed by atoms with Crippen LogP contribution in [-0.4, -0.2) is 41.4 Å². The van der Waals surface area contributed by atoms with Crippen molar-refractivity contribution < 1.29 is 4.74 Å². The molecule has 1 aromatic heterocycles. The number of H-pyrrole nitrogens is 1. The first-order chi connectivity index (χ1) is 8.16. The molecule has 1 aromatic rings. The molecule has 0 spiro atoms. The van der Waals surface area contributed by atoms with E-state index < -0.39 is 0 Å². The van der Waals surface area contributed by atoms with Crippen molar-refractivity contribution >= 4 is 11.6 Å². The largest absolute Gasteiger partial charge is 0.377 e. The Bertz CT molecular complexity index is 361. The van der Waals surface area contributed by atoms with Crippen LogP contribution in [0.25, 0.3) is 0 Å². The van der Waals surface area contributed by atoms with Gasteiger partial charge < -0.3 is 4.74 Å². The Balaban J connectivity index is 1.84. The van der Waals surface area contributed by atoms with Gasteiger partial charge >= 0.3 is 0 Å². The van der Waals surface area contributed by atoms with E-state index in [1.54, 1.807) is 0 Å². The van der Waals surface area contributed by atoms with Crippen molar-refractivity contribution in [2.24, 2.45) is 0 Å². The van der Waals surface area contributed by atoms with E-state index >= 15 is 0 Å². The highest BCUT2D eigenvalue weighted by atomic mass is 35.5. The van der Waals surface area contributed by atoms with Crippen LogP contribution in [0.15, 0.2) is 0 Å². The molecule has 1 fully saturated rings. The molecule has 1 aliphatic rings. The summed E-state index contributed by atoms with van der Waals surface area (Å²) < 4.78 is 5.72. The quantitative estimate of drug-likeness (QED) is 0.900. The first-order valence-electron chi connectivity index (χ1n) is 6.16. The Labute approximate surface area is 107 Å². The number of hydrogen-bond donors (Lipinski definition) is 1. The molecular weight excluding hydrogens is 238 g/mol. The molecule has 0 aromatic carbocycles. The summed E-state index contributed by atoms with van der Waals surface area (Å²) in [5, 5.41) is 7.87. The third-order valence-electron chi connectivity index (χ3n) is 3.15. The molecule has 0 radical (unpaired) electrons. The Kier molecular flexibility index (Phi) is 4.42. The minimum Gasteiger partial charge on any atom is -0.377 e. The third kappa shape index (κ3) is 3.44. The van der Waals surface area contributed by atoms with Gasteiger partial charge in [-0.15, -0.1) is 0 Å². The smallest absolute Gasteiger partial charge is 0.0951 e. The average molecular weight is 258 g/mol. The summed E-state index contributed by atoms with van der Waals surface area (Å²) >= 11 is 6.14. The van der Waals surface area contributed by atoms with Gasteiger partial charge in [-0.05, 0) is 33.2 Å². The van der Waals surface area contributed by atoms with Crippen LogP contribution >= 0.6 is 11.6 Å². The number of aryl methyl sites for hydroxylation is 1. The second kappa shape index (κ2) is 5.85. The molecule has 1 aliphatic heterocycles. The van der Waals surface area contributed by atoms with Crippen molar-refractivity contribution in [3.05, 3.63) is 16.4 Å². The lowest BCUT2D eigenvalue weighted by molar-refractivity contribution is -0.00274. The molecule has 4 nitrogen and oxygen atoms in total. The van der Waals surface area contributed by atoms with Gasteiger partial charge in [-0.3, -0.25) is 10.00 Å². The molecule has 96 valence electrons. The Morgan fingerprint density at radius 2 is 2.35 bits per heavy atom. The maximum Gasteiger partial charge on any atom is 0.0951 e. The van der Waals surface area contributed by atoms with E-state index in [4.69, 9.17) is 16.3 Å². The summed E-state index contributed by atoms with van der Waals surface area (Å²) in [6.45, 7) is 4.55. The molecule has 0 amide bonds. The molecule has 0 aliphatic carbocycles. The van der Waals surface area contributed by atoms with E-state index in [0.29, 0.717) is 6.10 Å². The minimum absolute atomic E-state index is 0.368. The summed E-state index contributed by atoms with van der Waals surface area (Å²) in [5.74, 6) is 0. The number of aromatic amines is 1. The third-order valence-corrected chi connectivity index (χ3v) is 3.65. The van der Waals surface area contributed by atoms with Crippen LogP contribution in [0.5, 0.6) is 0 Å². The van der Waals surface area contributed by atoms with Crippen molar-refractivity contribution in [3.8, 4) is 0 Å². The van der Waals surface area contributed by atoms with Crippen LogP contribution in [0, 0.1) is 6.92 Å². The highest BCUT2D eigenvalue weighted by molar-refractivity contribution is 6.31. The fourth-order valence-electron chi connectivity index (χ4n) is 2.19. The lowest BCUT2D eigenvalue weighted by Gasteiger charge is -2.27. The van der Waals surface area contributed by atoms with Crippen LogP contribution in [0.3, 0.4) is 0 Å². The monoisotopic (exact) mass is 257 g/mol. The van der Waals surface area contributed by atoms with Crippen LogP contribution in [0.1, 0.15) is 30.7 Å². The number of rotatable bonds is 4. The van der Waals surface area contributed by atoms with Crippen molar-refractivity contribution in [2.75, 3.05) is 20.2 Å². The predicted molar refractivity (Wildman–Crippen MR) is 68.3 cm³/mol. The second-order valence-electron chi connectivity index (χ2n) is 4.79. The molecule has 1 N–H and O–H groups in total. The van der Waals surface area contributed by atoms with E-state index in [0.717, 1.165) is 42.5 Å². The fourth-order valence-corrected chi connectivity index (χ4v) is 2.33. The molecule has 0 saturated carbocycles. The number of nitrogens with one attached hydrogen (secondary N) is 1. The zero-order valence-electron chi connectivity index (χ0n) is 10.5. The first-order valence-corrected chi connectivity index (χ1v) is 6.54. The summed E-state index contributed by atoms with van der Waals surface area (Å²) in [6.07, 6.45) is 4.01. The molecule has 17 heavy (non-hydrogen) atoms. The predicted octanol–water partition coefficient (Wildman–Crippen LogP) is 2.37. The maximum absolute atomic E-state index is 6.14. The zero-order valence-corrected chi connectivity index (χ0v) is 11.3. The maximum atomic E-state index is 6.14. The van der Waals surface area contributed by atoms with E-state index in [1.165, 1.54) is 12.8 Å². The van der Waals surface area contributed by atoms with Gasteiger partial charge in [0.2, 0.25) is 0 Å². The summed E-state index contributed by atoms with van der Waals surface area (Å²) in [5.41, 5.74) is 1.85. The highest BCUT2D eigenvalue weighted by Gasteiger charge is 2.17. The molecule has 2 rings (SSSR count). The van der Waals surface area contributed by atoms with Crippen LogP contribution in [0.2, 0.25) is 5.02 Å². The first kappa shape index (κ1) is 12.9. The topological polar surface area (TPSA) is 41.2 Å². The van der Waals surface area contributed by atoms with Gasteiger partial charge in [-0.25, -0.2) is 0 Å². The van der Waals surface area contributed by atoms with Crippen molar-refractivity contribution in [1.82, 2.24) is 15.1 Å². The van der Waals surface area contributed by atoms with Crippen molar-refractivity contribution in [2.45, 2.75) is 38.8 Å². The highest BCUT2D eigenvalue weighted by Crippen LogP contribution is 2.19. The van der Waals surface area contributed by atoms with Crippen molar-refractivity contribution in [1.29, 1.82) is 0 Å². The van der Waals surface area contributed by atoms with Gasteiger partial charge in [0.15, 0.2) is 0 Å². The van der Waals surface area contributed by atoms with E-state index in [2.05, 4.69) is 22.1 Å². The van der Waals surface area contributed by atoms with Crippen LogP contribution < -0.4 is 0 Å². The molecular formula is C12H20ClN3O. The van der Waals surface area contributed by atoms with E-state index in [9.17, 15) is 0 Å². The number of nitrogens with zero attached hydrogens (tertiary/aromatic N) is 2. The molecule has 1 atom stereocenters. The van der Waals surface area contributed by atoms with Crippen LogP contribution in [0.4, 0.5) is 0 Å². The van der Waals surface area contributed by atoms with Gasteiger partial charge in [0.1, 0.15) is 0 Å². The molecule has 1 unspecified atom stereocenters. The zero-order chi connectivity index (χ0) is 12.3. The Morgan fingerprint density at radius 3 is 2.94 bits per heavy atom. The lowest BCUT2D eigenvalue weighted by atomic mass is 10.1. The lowest BCUT2D eigenvalue weighted by Crippen LogP contribution is -2.33. The normalized spacial score (nSPS) is 21.1. The SMILES string of the molecule is Cc1[nH]nc(CN(C)CC2CCCCO2)c1Cl. The Morgan fingerprint density at radius 1 is 1.53 bits per heavy atom. The minimum atomic E-state index is 0.368. The number of halogens is 1. The fraction of sp³-hybridized carbons (Fsp3) is 0.750. The standard InChI is InChI=1S/C12H20ClN3O/c1-9-12(13)11(15-14-9)8-16(2)7-10-5-3-4-6-17-10/h10H,3-8H2,1-2H3,(H,14,15). The summed E-state index contributed by atoms with van der Waals surface area (Å²) in [4.78, 5) is 2.22. The molecule has 2 heterocycles. The Hall–Kier alpha value is -0.580. The van der Waals surface area contributed by atoms with E-state index in [-0.39, 0.29) is 0 Å². The van der Waals surface area contributed by atoms with Gasteiger partial charge in [-0.2, -0.15) is 5.10 Å². The average Bonchev–Trinajstić information content (AvgIpc) is 2.62. The van der Waals surface area contributed by atoms with Gasteiger partial charge in [0, 0.05) is 19.7 Å². The van der Waals surface area contributed by atoms with Gasteiger partial charge in [0.25, 0.3) is 0 Å². The second-order valence-corrected chi connectivity index (χ2v) is 5.17. The molecule has 1 saturated heterocycles. The van der Waals surface area contributed by atoms with E-state index in [1.807, 2.05) is 6.92 Å². The number of hydrogen-bond acceptors (Lipinski definition) is 3. The van der Waals surface area contributed by atoms with Crippen LogP contribution in [-0.2, 0) is 11.3 Å². The van der Waals surface area contributed by atoms with Gasteiger partial charge in [-0.1, -0.05) is 11.6 Å². The number of aromatic nitrogens is 2.